The van der Waals surface area contributed by atoms with Gasteiger partial charge in [-0.3, -0.25) is 9.78 Å². The normalized spacial score (nSPS) is 10.0. The maximum atomic E-state index is 12.0. The summed E-state index contributed by atoms with van der Waals surface area (Å²) in [6, 6.07) is 6.13. The van der Waals surface area contributed by atoms with E-state index in [0.29, 0.717) is 17.2 Å². The van der Waals surface area contributed by atoms with Crippen molar-refractivity contribution in [3.8, 4) is 11.5 Å². The number of hydrogen-bond donors (Lipinski definition) is 2. The average molecular weight is 310 g/mol. The summed E-state index contributed by atoms with van der Waals surface area (Å²) in [5.41, 5.74) is -0.311. The molecule has 21 heavy (non-hydrogen) atoms. The number of methoxy groups -OCH3 is 2. The third kappa shape index (κ3) is 3.51. The molecule has 0 unspecified atom stereocenters. The minimum absolute atomic E-state index is 0.0347. The number of benzene rings is 1. The number of halogens is 1. The average Bonchev–Trinajstić information content (AvgIpc) is 2.46. The lowest BCUT2D eigenvalue weighted by Gasteiger charge is -2.10. The first kappa shape index (κ1) is 14.9. The van der Waals surface area contributed by atoms with Crippen LogP contribution >= 0.6 is 11.6 Å². The van der Waals surface area contributed by atoms with Crippen LogP contribution in [0.25, 0.3) is 0 Å². The predicted octanol–water partition coefficient (Wildman–Crippen LogP) is 1.69. The van der Waals surface area contributed by atoms with Crippen LogP contribution in [0.15, 0.2) is 29.1 Å². The Bertz CT molecular complexity index is 730. The smallest absolute Gasteiger partial charge is 0.346 e. The van der Waals surface area contributed by atoms with E-state index in [1.807, 2.05) is 0 Å². The zero-order valence-corrected chi connectivity index (χ0v) is 12.0. The SMILES string of the molecule is COc1ccc(NC(=O)c2cc(Cl)[nH]c(=O)n2)cc1OC. The van der Waals surface area contributed by atoms with Crippen molar-refractivity contribution < 1.29 is 14.3 Å². The minimum Gasteiger partial charge on any atom is -0.493 e. The van der Waals surface area contributed by atoms with Crippen molar-refractivity contribution in [2.75, 3.05) is 19.5 Å². The molecular weight excluding hydrogens is 298 g/mol. The highest BCUT2D eigenvalue weighted by Gasteiger charge is 2.12. The summed E-state index contributed by atoms with van der Waals surface area (Å²) in [4.78, 5) is 29.0. The molecule has 0 fully saturated rings. The van der Waals surface area contributed by atoms with Crippen LogP contribution < -0.4 is 20.5 Å². The van der Waals surface area contributed by atoms with Gasteiger partial charge in [0.2, 0.25) is 0 Å². The van der Waals surface area contributed by atoms with E-state index in [0.717, 1.165) is 0 Å². The highest BCUT2D eigenvalue weighted by atomic mass is 35.5. The summed E-state index contributed by atoms with van der Waals surface area (Å²) in [7, 11) is 3.00. The molecule has 2 rings (SSSR count). The van der Waals surface area contributed by atoms with E-state index in [1.165, 1.54) is 20.3 Å². The van der Waals surface area contributed by atoms with Crippen LogP contribution in [0, 0.1) is 0 Å². The topological polar surface area (TPSA) is 93.3 Å². The lowest BCUT2D eigenvalue weighted by atomic mass is 10.2. The maximum Gasteiger partial charge on any atom is 0.346 e. The van der Waals surface area contributed by atoms with Gasteiger partial charge >= 0.3 is 5.69 Å². The molecule has 1 heterocycles. The van der Waals surface area contributed by atoms with Gasteiger partial charge in [-0.15, -0.1) is 0 Å². The van der Waals surface area contributed by atoms with Gasteiger partial charge in [0.05, 0.1) is 14.2 Å². The molecule has 0 atom stereocenters. The van der Waals surface area contributed by atoms with Crippen molar-refractivity contribution in [1.82, 2.24) is 9.97 Å². The van der Waals surface area contributed by atoms with Crippen LogP contribution in [0.4, 0.5) is 5.69 Å². The number of aromatic amines is 1. The van der Waals surface area contributed by atoms with Gasteiger partial charge in [-0.1, -0.05) is 11.6 Å². The Morgan fingerprint density at radius 3 is 2.57 bits per heavy atom. The van der Waals surface area contributed by atoms with Crippen molar-refractivity contribution in [2.24, 2.45) is 0 Å². The van der Waals surface area contributed by atoms with Gasteiger partial charge in [0.15, 0.2) is 11.5 Å². The van der Waals surface area contributed by atoms with E-state index in [2.05, 4.69) is 15.3 Å². The molecule has 7 nitrogen and oxygen atoms in total. The largest absolute Gasteiger partial charge is 0.493 e. The van der Waals surface area contributed by atoms with E-state index in [-0.39, 0.29) is 10.8 Å². The Kier molecular flexibility index (Phi) is 4.44. The van der Waals surface area contributed by atoms with Crippen LogP contribution in [0.5, 0.6) is 11.5 Å². The number of nitrogens with zero attached hydrogens (tertiary/aromatic N) is 1. The quantitative estimate of drug-likeness (QED) is 0.838. The third-order valence-electron chi connectivity index (χ3n) is 2.59. The van der Waals surface area contributed by atoms with Gasteiger partial charge < -0.3 is 14.8 Å². The van der Waals surface area contributed by atoms with E-state index in [9.17, 15) is 9.59 Å². The second kappa shape index (κ2) is 6.27. The van der Waals surface area contributed by atoms with E-state index in [4.69, 9.17) is 21.1 Å². The van der Waals surface area contributed by atoms with Gasteiger partial charge in [0.1, 0.15) is 10.8 Å². The summed E-state index contributed by atoms with van der Waals surface area (Å²) < 4.78 is 10.2. The zero-order valence-electron chi connectivity index (χ0n) is 11.3. The van der Waals surface area contributed by atoms with Crippen LogP contribution in [-0.4, -0.2) is 30.1 Å². The molecule has 0 aliphatic heterocycles. The van der Waals surface area contributed by atoms with Gasteiger partial charge in [-0.05, 0) is 12.1 Å². The fraction of sp³-hybridized carbons (Fsp3) is 0.154. The van der Waals surface area contributed by atoms with Crippen molar-refractivity contribution in [1.29, 1.82) is 0 Å². The number of nitrogens with one attached hydrogen (secondary N) is 2. The molecule has 1 aromatic heterocycles. The van der Waals surface area contributed by atoms with Gasteiger partial charge in [0, 0.05) is 17.8 Å². The molecule has 0 aliphatic rings. The Hall–Kier alpha value is -2.54. The molecule has 1 amide bonds. The lowest BCUT2D eigenvalue weighted by Crippen LogP contribution is -2.20. The van der Waals surface area contributed by atoms with Crippen molar-refractivity contribution in [3.63, 3.8) is 0 Å². The van der Waals surface area contributed by atoms with Crippen LogP contribution in [0.1, 0.15) is 10.5 Å². The molecule has 0 bridgehead atoms. The first-order chi connectivity index (χ1) is 10.0. The van der Waals surface area contributed by atoms with Crippen molar-refractivity contribution in [3.05, 3.63) is 45.6 Å². The number of carbonyl (C=O) groups excluding carboxylic acids is 1. The minimum atomic E-state index is -0.694. The van der Waals surface area contributed by atoms with Gasteiger partial charge in [-0.2, -0.15) is 4.98 Å². The monoisotopic (exact) mass is 309 g/mol. The van der Waals surface area contributed by atoms with Gasteiger partial charge in [-0.25, -0.2) is 4.79 Å². The number of ether oxygens (including phenoxy) is 2. The predicted molar refractivity (Wildman–Crippen MR) is 77.4 cm³/mol. The molecule has 0 spiro atoms. The molecule has 0 aliphatic carbocycles. The molecular formula is C13H12ClN3O4. The Balaban J connectivity index is 2.25. The molecule has 0 radical (unpaired) electrons. The first-order valence-electron chi connectivity index (χ1n) is 5.83. The Morgan fingerprint density at radius 1 is 1.24 bits per heavy atom. The molecule has 2 N–H and O–H groups in total. The Labute approximate surface area is 124 Å². The molecule has 2 aromatic rings. The summed E-state index contributed by atoms with van der Waals surface area (Å²) in [5, 5.41) is 2.62. The number of carbonyl (C=O) groups is 1. The van der Waals surface area contributed by atoms with E-state index < -0.39 is 11.6 Å². The molecule has 0 saturated heterocycles. The fourth-order valence-corrected chi connectivity index (χ4v) is 1.84. The molecule has 8 heteroatoms. The first-order valence-corrected chi connectivity index (χ1v) is 6.21. The van der Waals surface area contributed by atoms with Gasteiger partial charge in [0.25, 0.3) is 5.91 Å². The third-order valence-corrected chi connectivity index (χ3v) is 2.79. The summed E-state index contributed by atoms with van der Waals surface area (Å²) in [6.07, 6.45) is 0. The Morgan fingerprint density at radius 2 is 1.95 bits per heavy atom. The summed E-state index contributed by atoms with van der Waals surface area (Å²) in [6.45, 7) is 0. The zero-order chi connectivity index (χ0) is 15.4. The number of hydrogen-bond acceptors (Lipinski definition) is 5. The summed E-state index contributed by atoms with van der Waals surface area (Å²) >= 11 is 5.67. The maximum absolute atomic E-state index is 12.0. The molecule has 1 aromatic carbocycles. The second-order valence-electron chi connectivity index (χ2n) is 3.94. The van der Waals surface area contributed by atoms with Crippen LogP contribution in [-0.2, 0) is 0 Å². The molecule has 110 valence electrons. The standard InChI is InChI=1S/C13H12ClN3O4/c1-20-9-4-3-7(5-10(9)21-2)15-12(18)8-6-11(14)17-13(19)16-8/h3-6H,1-2H3,(H,15,18)(H,16,17,19). The lowest BCUT2D eigenvalue weighted by molar-refractivity contribution is 0.102. The highest BCUT2D eigenvalue weighted by Crippen LogP contribution is 2.29. The van der Waals surface area contributed by atoms with E-state index >= 15 is 0 Å². The summed E-state index contributed by atoms with van der Waals surface area (Å²) in [5.74, 6) is 0.440. The molecule has 0 saturated carbocycles. The number of rotatable bonds is 4. The number of aromatic nitrogens is 2. The number of anilines is 1. The second-order valence-corrected chi connectivity index (χ2v) is 4.35. The highest BCUT2D eigenvalue weighted by molar-refractivity contribution is 6.29. The number of H-pyrrole nitrogens is 1. The van der Waals surface area contributed by atoms with E-state index in [1.54, 1.807) is 18.2 Å². The van der Waals surface area contributed by atoms with Crippen LogP contribution in [0.3, 0.4) is 0 Å². The number of amides is 1. The van der Waals surface area contributed by atoms with Crippen LogP contribution in [0.2, 0.25) is 5.15 Å². The fourth-order valence-electron chi connectivity index (χ4n) is 1.65. The van der Waals surface area contributed by atoms with Crippen molar-refractivity contribution in [2.45, 2.75) is 0 Å². The van der Waals surface area contributed by atoms with Crippen molar-refractivity contribution >= 4 is 23.2 Å².